The van der Waals surface area contributed by atoms with E-state index in [1.165, 1.54) is 0 Å². The van der Waals surface area contributed by atoms with Gasteiger partial charge < -0.3 is 40.5 Å². The molecule has 0 bridgehead atoms. The number of hydrogen-bond acceptors (Lipinski definition) is 8. The first-order valence-corrected chi connectivity index (χ1v) is 8.40. The van der Waals surface area contributed by atoms with Crippen molar-refractivity contribution in [3.63, 3.8) is 0 Å². The lowest BCUT2D eigenvalue weighted by Crippen LogP contribution is -2.42. The van der Waals surface area contributed by atoms with Gasteiger partial charge >= 0.3 is 0 Å². The van der Waals surface area contributed by atoms with Crippen LogP contribution in [0.15, 0.2) is 0 Å². The highest BCUT2D eigenvalue weighted by atomic mass is 16.5. The first-order chi connectivity index (χ1) is 11.5. The lowest BCUT2D eigenvalue weighted by Gasteiger charge is -2.34. The summed E-state index contributed by atoms with van der Waals surface area (Å²) in [5.74, 6) is -1.76. The zero-order valence-corrected chi connectivity index (χ0v) is 14.4. The molecule has 0 saturated carbocycles. The Balaban J connectivity index is 4.74. The van der Waals surface area contributed by atoms with Crippen LogP contribution < -0.4 is 0 Å². The van der Waals surface area contributed by atoms with Crippen LogP contribution in [-0.2, 0) is 4.74 Å². The highest BCUT2D eigenvalue weighted by molar-refractivity contribution is 4.82. The molecular formula is C16H34O8. The van der Waals surface area contributed by atoms with E-state index in [4.69, 9.17) is 9.84 Å². The molecule has 146 valence electrons. The number of ether oxygens (including phenoxy) is 1. The van der Waals surface area contributed by atoms with E-state index in [0.717, 1.165) is 0 Å². The van der Waals surface area contributed by atoms with Gasteiger partial charge in [-0.2, -0.15) is 0 Å². The van der Waals surface area contributed by atoms with Crippen LogP contribution in [0.5, 0.6) is 0 Å². The molecule has 4 unspecified atom stereocenters. The van der Waals surface area contributed by atoms with Gasteiger partial charge in [0, 0.05) is 37.8 Å². The quantitative estimate of drug-likeness (QED) is 0.178. The number of rotatable bonds is 15. The Morgan fingerprint density at radius 3 is 1.83 bits per heavy atom. The first kappa shape index (κ1) is 23.7. The maximum Gasteiger partial charge on any atom is 0.0827 e. The lowest BCUT2D eigenvalue weighted by atomic mass is 9.78. The molecule has 8 nitrogen and oxygen atoms in total. The van der Waals surface area contributed by atoms with Gasteiger partial charge in [-0.3, -0.25) is 0 Å². The molecule has 7 N–H and O–H groups in total. The fraction of sp³-hybridized carbons (Fsp3) is 1.00. The van der Waals surface area contributed by atoms with E-state index in [0.29, 0.717) is 6.42 Å². The fourth-order valence-electron chi connectivity index (χ4n) is 2.77. The van der Waals surface area contributed by atoms with Crippen LogP contribution in [0.2, 0.25) is 0 Å². The Hall–Kier alpha value is -0.320. The molecule has 24 heavy (non-hydrogen) atoms. The molecule has 0 fully saturated rings. The molecule has 0 saturated heterocycles. The molecule has 0 aromatic carbocycles. The third-order valence-electron chi connectivity index (χ3n) is 4.92. The van der Waals surface area contributed by atoms with Crippen LogP contribution in [0.3, 0.4) is 0 Å². The fourth-order valence-corrected chi connectivity index (χ4v) is 2.77. The van der Waals surface area contributed by atoms with E-state index in [9.17, 15) is 30.6 Å². The van der Waals surface area contributed by atoms with Gasteiger partial charge in [0.05, 0.1) is 32.5 Å². The predicted octanol–water partition coefficient (Wildman–Crippen LogP) is -2.05. The maximum absolute atomic E-state index is 10.3. The minimum Gasteiger partial charge on any atom is -0.396 e. The molecule has 0 aliphatic heterocycles. The molecule has 0 aliphatic rings. The van der Waals surface area contributed by atoms with Crippen molar-refractivity contribution in [3.8, 4) is 0 Å². The summed E-state index contributed by atoms with van der Waals surface area (Å²) in [6.07, 6.45) is -0.339. The molecule has 0 amide bonds. The van der Waals surface area contributed by atoms with Crippen molar-refractivity contribution in [2.24, 2.45) is 23.2 Å². The molecule has 0 aromatic heterocycles. The molecule has 0 rings (SSSR count). The normalized spacial score (nSPS) is 17.5. The zero-order chi connectivity index (χ0) is 18.6. The summed E-state index contributed by atoms with van der Waals surface area (Å²) in [5.41, 5.74) is -0.782. The Morgan fingerprint density at radius 1 is 0.875 bits per heavy atom. The average molecular weight is 354 g/mol. The van der Waals surface area contributed by atoms with Crippen molar-refractivity contribution in [1.82, 2.24) is 0 Å². The van der Waals surface area contributed by atoms with E-state index in [1.807, 2.05) is 6.92 Å². The lowest BCUT2D eigenvalue weighted by molar-refractivity contribution is -0.0860. The largest absolute Gasteiger partial charge is 0.396 e. The molecule has 0 aliphatic carbocycles. The Morgan fingerprint density at radius 2 is 1.46 bits per heavy atom. The van der Waals surface area contributed by atoms with Gasteiger partial charge in [0.2, 0.25) is 0 Å². The number of aliphatic hydroxyl groups is 7. The summed E-state index contributed by atoms with van der Waals surface area (Å²) in [6, 6.07) is 0. The van der Waals surface area contributed by atoms with Crippen LogP contribution in [-0.4, -0.2) is 94.7 Å². The molecule has 0 spiro atoms. The first-order valence-electron chi connectivity index (χ1n) is 8.40. The van der Waals surface area contributed by atoms with Crippen molar-refractivity contribution in [1.29, 1.82) is 0 Å². The molecule has 8 heteroatoms. The van der Waals surface area contributed by atoms with Crippen LogP contribution in [0, 0.1) is 23.2 Å². The summed E-state index contributed by atoms with van der Waals surface area (Å²) >= 11 is 0. The van der Waals surface area contributed by atoms with Crippen LogP contribution in [0.1, 0.15) is 19.8 Å². The average Bonchev–Trinajstić information content (AvgIpc) is 2.61. The highest BCUT2D eigenvalue weighted by Crippen LogP contribution is 2.27. The van der Waals surface area contributed by atoms with Gasteiger partial charge in [-0.1, -0.05) is 6.92 Å². The Kier molecular flexibility index (Phi) is 12.8. The van der Waals surface area contributed by atoms with Crippen molar-refractivity contribution in [3.05, 3.63) is 0 Å². The third kappa shape index (κ3) is 6.89. The van der Waals surface area contributed by atoms with Gasteiger partial charge in [-0.25, -0.2) is 0 Å². The Labute approximate surface area is 143 Å². The minimum atomic E-state index is -1.09. The van der Waals surface area contributed by atoms with Gasteiger partial charge in [0.25, 0.3) is 0 Å². The van der Waals surface area contributed by atoms with Gasteiger partial charge in [0.1, 0.15) is 0 Å². The van der Waals surface area contributed by atoms with E-state index in [2.05, 4.69) is 0 Å². The third-order valence-corrected chi connectivity index (χ3v) is 4.92. The second-order valence-corrected chi connectivity index (χ2v) is 6.40. The van der Waals surface area contributed by atoms with Crippen molar-refractivity contribution in [2.75, 3.05) is 52.9 Å². The number of hydrogen-bond donors (Lipinski definition) is 7. The summed E-state index contributed by atoms with van der Waals surface area (Å²) in [5, 5.41) is 66.5. The molecule has 4 atom stereocenters. The maximum atomic E-state index is 10.3. The van der Waals surface area contributed by atoms with Gasteiger partial charge in [-0.15, -0.1) is 0 Å². The van der Waals surface area contributed by atoms with Crippen molar-refractivity contribution >= 4 is 0 Å². The standard InChI is InChI=1S/C16H34O8/c1-2-16(9-21,10-22)11-24-8-15(23)14(7-20)13(6-19)12(5-18)3-4-17/h12-15,17-23H,2-11H2,1H3. The van der Waals surface area contributed by atoms with Crippen molar-refractivity contribution < 1.29 is 40.5 Å². The molecule has 0 heterocycles. The summed E-state index contributed by atoms with van der Waals surface area (Å²) < 4.78 is 5.41. The smallest absolute Gasteiger partial charge is 0.0827 e. The monoisotopic (exact) mass is 354 g/mol. The summed E-state index contributed by atoms with van der Waals surface area (Å²) in [6.45, 7) is 0.0317. The van der Waals surface area contributed by atoms with Crippen LogP contribution >= 0.6 is 0 Å². The molecule has 0 radical (unpaired) electrons. The molecule has 0 aromatic rings. The molecular weight excluding hydrogens is 320 g/mol. The zero-order valence-electron chi connectivity index (χ0n) is 14.4. The predicted molar refractivity (Wildman–Crippen MR) is 87.2 cm³/mol. The van der Waals surface area contributed by atoms with Gasteiger partial charge in [0.15, 0.2) is 0 Å². The topological polar surface area (TPSA) is 151 Å². The van der Waals surface area contributed by atoms with E-state index >= 15 is 0 Å². The van der Waals surface area contributed by atoms with Crippen LogP contribution in [0.4, 0.5) is 0 Å². The van der Waals surface area contributed by atoms with E-state index < -0.39 is 35.9 Å². The van der Waals surface area contributed by atoms with E-state index in [1.54, 1.807) is 0 Å². The highest BCUT2D eigenvalue weighted by Gasteiger charge is 2.34. The minimum absolute atomic E-state index is 0.0512. The summed E-state index contributed by atoms with van der Waals surface area (Å²) in [7, 11) is 0. The second kappa shape index (κ2) is 13.0. The SMILES string of the molecule is CCC(CO)(CO)COCC(O)C(CO)C(CO)C(CO)CCO. The van der Waals surface area contributed by atoms with Crippen LogP contribution in [0.25, 0.3) is 0 Å². The number of aliphatic hydroxyl groups excluding tert-OH is 7. The van der Waals surface area contributed by atoms with Gasteiger partial charge in [-0.05, 0) is 24.7 Å². The summed E-state index contributed by atoms with van der Waals surface area (Å²) in [4.78, 5) is 0. The Bertz CT molecular complexity index is 290. The van der Waals surface area contributed by atoms with Crippen molar-refractivity contribution in [2.45, 2.75) is 25.9 Å². The second-order valence-electron chi connectivity index (χ2n) is 6.40. The van der Waals surface area contributed by atoms with E-state index in [-0.39, 0.29) is 52.7 Å².